The third-order valence-electron chi connectivity index (χ3n) is 3.26. The number of amides is 1. The predicted octanol–water partition coefficient (Wildman–Crippen LogP) is 3.35. The average molecular weight is 308 g/mol. The first-order chi connectivity index (χ1) is 10.2. The molecular weight excluding hydrogens is 280 g/mol. The van der Waals surface area contributed by atoms with E-state index in [0.717, 1.165) is 12.0 Å². The first-order valence-electron chi connectivity index (χ1n) is 7.73. The Morgan fingerprint density at radius 3 is 2.36 bits per heavy atom. The SMILES string of the molecule is CCC(CNC(=O)OC(C)(C)C)NC(C)c1ccc(O)cc1. The van der Waals surface area contributed by atoms with E-state index in [-0.39, 0.29) is 17.8 Å². The Kier molecular flexibility index (Phi) is 6.68. The molecule has 2 unspecified atom stereocenters. The molecule has 1 aromatic rings. The zero-order valence-corrected chi connectivity index (χ0v) is 14.1. The second kappa shape index (κ2) is 8.03. The zero-order valence-electron chi connectivity index (χ0n) is 14.1. The molecular formula is C17H28N2O3. The Morgan fingerprint density at radius 2 is 1.86 bits per heavy atom. The van der Waals surface area contributed by atoms with E-state index in [1.807, 2.05) is 32.9 Å². The molecule has 5 nitrogen and oxygen atoms in total. The standard InChI is InChI=1S/C17H28N2O3/c1-6-14(11-18-16(21)22-17(3,4)5)19-12(2)13-7-9-15(20)10-8-13/h7-10,12,14,19-20H,6,11H2,1-5H3,(H,18,21). The van der Waals surface area contributed by atoms with Crippen molar-refractivity contribution in [2.24, 2.45) is 0 Å². The summed E-state index contributed by atoms with van der Waals surface area (Å²) in [5.41, 5.74) is 0.604. The van der Waals surface area contributed by atoms with Gasteiger partial charge in [-0.15, -0.1) is 0 Å². The third-order valence-corrected chi connectivity index (χ3v) is 3.26. The molecule has 0 aliphatic heterocycles. The molecule has 0 bridgehead atoms. The minimum absolute atomic E-state index is 0.131. The van der Waals surface area contributed by atoms with Crippen molar-refractivity contribution in [3.63, 3.8) is 0 Å². The third kappa shape index (κ3) is 6.80. The largest absolute Gasteiger partial charge is 0.508 e. The minimum Gasteiger partial charge on any atom is -0.508 e. The summed E-state index contributed by atoms with van der Waals surface area (Å²) < 4.78 is 5.23. The van der Waals surface area contributed by atoms with E-state index in [2.05, 4.69) is 24.5 Å². The summed E-state index contributed by atoms with van der Waals surface area (Å²) in [4.78, 5) is 11.7. The van der Waals surface area contributed by atoms with Crippen LogP contribution < -0.4 is 10.6 Å². The van der Waals surface area contributed by atoms with Crippen LogP contribution in [0.3, 0.4) is 0 Å². The van der Waals surface area contributed by atoms with Gasteiger partial charge in [0.1, 0.15) is 11.4 Å². The molecule has 0 radical (unpaired) electrons. The van der Waals surface area contributed by atoms with Crippen molar-refractivity contribution in [1.82, 2.24) is 10.6 Å². The highest BCUT2D eigenvalue weighted by molar-refractivity contribution is 5.67. The van der Waals surface area contributed by atoms with Crippen LogP contribution >= 0.6 is 0 Å². The van der Waals surface area contributed by atoms with Crippen molar-refractivity contribution >= 4 is 6.09 Å². The van der Waals surface area contributed by atoms with Gasteiger partial charge in [0, 0.05) is 18.6 Å². The van der Waals surface area contributed by atoms with Crippen LogP contribution in [0.5, 0.6) is 5.75 Å². The molecule has 22 heavy (non-hydrogen) atoms. The number of hydrogen-bond donors (Lipinski definition) is 3. The molecule has 2 atom stereocenters. The topological polar surface area (TPSA) is 70.6 Å². The maximum Gasteiger partial charge on any atom is 0.407 e. The number of aromatic hydroxyl groups is 1. The fourth-order valence-electron chi connectivity index (χ4n) is 2.05. The first kappa shape index (κ1) is 18.3. The molecule has 1 amide bonds. The molecule has 0 aliphatic carbocycles. The van der Waals surface area contributed by atoms with Crippen molar-refractivity contribution in [2.75, 3.05) is 6.54 Å². The lowest BCUT2D eigenvalue weighted by Crippen LogP contribution is -2.43. The maximum absolute atomic E-state index is 11.7. The van der Waals surface area contributed by atoms with Crippen molar-refractivity contribution in [1.29, 1.82) is 0 Å². The lowest BCUT2D eigenvalue weighted by Gasteiger charge is -2.24. The molecule has 0 saturated carbocycles. The number of benzene rings is 1. The van der Waals surface area contributed by atoms with E-state index in [9.17, 15) is 9.90 Å². The highest BCUT2D eigenvalue weighted by Crippen LogP contribution is 2.17. The second-order valence-electron chi connectivity index (χ2n) is 6.47. The quantitative estimate of drug-likeness (QED) is 0.754. The molecule has 0 spiro atoms. The van der Waals surface area contributed by atoms with Gasteiger partial charge in [-0.05, 0) is 51.8 Å². The Morgan fingerprint density at radius 1 is 1.27 bits per heavy atom. The number of carbonyl (C=O) groups excluding carboxylic acids is 1. The van der Waals surface area contributed by atoms with Gasteiger partial charge in [0.25, 0.3) is 0 Å². The summed E-state index contributed by atoms with van der Waals surface area (Å²) >= 11 is 0. The van der Waals surface area contributed by atoms with E-state index < -0.39 is 11.7 Å². The van der Waals surface area contributed by atoms with Gasteiger partial charge in [0.15, 0.2) is 0 Å². The number of nitrogens with one attached hydrogen (secondary N) is 2. The van der Waals surface area contributed by atoms with E-state index in [1.165, 1.54) is 0 Å². The van der Waals surface area contributed by atoms with Crippen LogP contribution in [-0.4, -0.2) is 29.4 Å². The van der Waals surface area contributed by atoms with Gasteiger partial charge in [-0.2, -0.15) is 0 Å². The van der Waals surface area contributed by atoms with Crippen LogP contribution in [0, 0.1) is 0 Å². The summed E-state index contributed by atoms with van der Waals surface area (Å²) in [6.07, 6.45) is 0.489. The number of carbonyl (C=O) groups is 1. The summed E-state index contributed by atoms with van der Waals surface area (Å²) in [5.74, 6) is 0.259. The normalized spacial score (nSPS) is 14.2. The maximum atomic E-state index is 11.7. The Bertz CT molecular complexity index is 466. The Labute approximate surface area is 133 Å². The average Bonchev–Trinajstić information content (AvgIpc) is 2.42. The van der Waals surface area contributed by atoms with Crippen molar-refractivity contribution < 1.29 is 14.6 Å². The van der Waals surface area contributed by atoms with Crippen LogP contribution in [0.25, 0.3) is 0 Å². The molecule has 0 aromatic heterocycles. The smallest absolute Gasteiger partial charge is 0.407 e. The molecule has 3 N–H and O–H groups in total. The fourth-order valence-corrected chi connectivity index (χ4v) is 2.05. The molecule has 5 heteroatoms. The van der Waals surface area contributed by atoms with E-state index >= 15 is 0 Å². The predicted molar refractivity (Wildman–Crippen MR) is 88.0 cm³/mol. The van der Waals surface area contributed by atoms with Crippen LogP contribution in [-0.2, 0) is 4.74 Å². The number of hydrogen-bond acceptors (Lipinski definition) is 4. The Balaban J connectivity index is 2.47. The highest BCUT2D eigenvalue weighted by atomic mass is 16.6. The summed E-state index contributed by atoms with van der Waals surface area (Å²) in [7, 11) is 0. The summed E-state index contributed by atoms with van der Waals surface area (Å²) in [6, 6.07) is 7.41. The number of alkyl carbamates (subject to hydrolysis) is 1. The van der Waals surface area contributed by atoms with Gasteiger partial charge in [0.05, 0.1) is 0 Å². The first-order valence-corrected chi connectivity index (χ1v) is 7.73. The van der Waals surface area contributed by atoms with E-state index in [1.54, 1.807) is 12.1 Å². The molecule has 0 saturated heterocycles. The van der Waals surface area contributed by atoms with Gasteiger partial charge in [-0.1, -0.05) is 19.1 Å². The van der Waals surface area contributed by atoms with Crippen molar-refractivity contribution in [3.05, 3.63) is 29.8 Å². The van der Waals surface area contributed by atoms with Gasteiger partial charge < -0.3 is 20.5 Å². The van der Waals surface area contributed by atoms with Crippen LogP contribution in [0.1, 0.15) is 52.6 Å². The van der Waals surface area contributed by atoms with Crippen LogP contribution in [0.4, 0.5) is 4.79 Å². The zero-order chi connectivity index (χ0) is 16.8. The summed E-state index contributed by atoms with van der Waals surface area (Å²) in [5, 5.41) is 15.6. The van der Waals surface area contributed by atoms with Gasteiger partial charge in [0.2, 0.25) is 0 Å². The highest BCUT2D eigenvalue weighted by Gasteiger charge is 2.18. The van der Waals surface area contributed by atoms with Crippen LogP contribution in [0.2, 0.25) is 0 Å². The lowest BCUT2D eigenvalue weighted by molar-refractivity contribution is 0.0521. The molecule has 1 aromatic carbocycles. The van der Waals surface area contributed by atoms with E-state index in [4.69, 9.17) is 4.74 Å². The van der Waals surface area contributed by atoms with Crippen molar-refractivity contribution in [3.8, 4) is 5.75 Å². The lowest BCUT2D eigenvalue weighted by atomic mass is 10.1. The number of ether oxygens (including phenoxy) is 1. The fraction of sp³-hybridized carbons (Fsp3) is 0.588. The van der Waals surface area contributed by atoms with Crippen LogP contribution in [0.15, 0.2) is 24.3 Å². The second-order valence-corrected chi connectivity index (χ2v) is 6.47. The molecule has 0 fully saturated rings. The van der Waals surface area contributed by atoms with Gasteiger partial charge in [-0.3, -0.25) is 0 Å². The number of phenolic OH excluding ortho intramolecular Hbond substituents is 1. The molecule has 0 aliphatic rings. The summed E-state index contributed by atoms with van der Waals surface area (Å²) in [6.45, 7) is 10.2. The number of phenols is 1. The molecule has 124 valence electrons. The minimum atomic E-state index is -0.488. The number of rotatable bonds is 6. The van der Waals surface area contributed by atoms with Crippen molar-refractivity contribution in [2.45, 2.75) is 58.7 Å². The van der Waals surface area contributed by atoms with Gasteiger partial charge in [-0.25, -0.2) is 4.79 Å². The van der Waals surface area contributed by atoms with Gasteiger partial charge >= 0.3 is 6.09 Å². The molecule has 0 heterocycles. The monoisotopic (exact) mass is 308 g/mol. The van der Waals surface area contributed by atoms with E-state index in [0.29, 0.717) is 6.54 Å². The Hall–Kier alpha value is -1.75. The molecule has 1 rings (SSSR count).